The van der Waals surface area contributed by atoms with Crippen molar-refractivity contribution >= 4 is 17.8 Å². The van der Waals surface area contributed by atoms with Crippen LogP contribution in [0.4, 0.5) is 18.9 Å². The molecule has 0 aliphatic heterocycles. The predicted octanol–water partition coefficient (Wildman–Crippen LogP) is 2.17. The van der Waals surface area contributed by atoms with E-state index < -0.39 is 17.6 Å². The number of pyridine rings is 1. The first kappa shape index (κ1) is 20.2. The van der Waals surface area contributed by atoms with Crippen molar-refractivity contribution in [1.82, 2.24) is 10.4 Å². The van der Waals surface area contributed by atoms with Gasteiger partial charge in [-0.25, -0.2) is 5.43 Å². The van der Waals surface area contributed by atoms with E-state index in [1.165, 1.54) is 18.3 Å². The van der Waals surface area contributed by atoms with Crippen molar-refractivity contribution in [3.63, 3.8) is 0 Å². The van der Waals surface area contributed by atoms with Crippen molar-refractivity contribution in [2.75, 3.05) is 11.9 Å². The first-order valence-corrected chi connectivity index (χ1v) is 7.73. The highest BCUT2D eigenvalue weighted by Crippen LogP contribution is 2.30. The van der Waals surface area contributed by atoms with Gasteiger partial charge in [-0.1, -0.05) is 6.07 Å². The third-order valence-electron chi connectivity index (χ3n) is 3.55. The molecule has 0 radical (unpaired) electrons. The largest absolute Gasteiger partial charge is 0.505 e. The number of alkyl halides is 3. The number of aryl methyl sites for hydroxylation is 1. The molecule has 4 N–H and O–H groups in total. The van der Waals surface area contributed by atoms with E-state index in [1.807, 2.05) is 0 Å². The van der Waals surface area contributed by atoms with Crippen molar-refractivity contribution < 1.29 is 28.2 Å². The molecule has 0 aliphatic carbocycles. The molecule has 0 fully saturated rings. The van der Waals surface area contributed by atoms with E-state index in [4.69, 9.17) is 0 Å². The highest BCUT2D eigenvalue weighted by Gasteiger charge is 2.30. The Bertz CT molecular complexity index is 854. The van der Waals surface area contributed by atoms with Crippen molar-refractivity contribution in [1.29, 1.82) is 0 Å². The summed E-state index contributed by atoms with van der Waals surface area (Å²) in [7, 11) is 0. The first-order valence-electron chi connectivity index (χ1n) is 7.73. The molecular formula is C17H17F3N4O3. The van der Waals surface area contributed by atoms with Crippen LogP contribution < -0.4 is 10.7 Å². The van der Waals surface area contributed by atoms with Crippen LogP contribution in [0.1, 0.15) is 22.4 Å². The number of benzene rings is 1. The molecule has 0 spiro atoms. The summed E-state index contributed by atoms with van der Waals surface area (Å²) < 4.78 is 37.9. The number of halogens is 3. The third-order valence-corrected chi connectivity index (χ3v) is 3.55. The summed E-state index contributed by atoms with van der Waals surface area (Å²) in [4.78, 5) is 15.7. The highest BCUT2D eigenvalue weighted by atomic mass is 19.4. The number of amides is 1. The van der Waals surface area contributed by atoms with Gasteiger partial charge in [0, 0.05) is 23.0 Å². The molecule has 1 aromatic carbocycles. The second-order valence-corrected chi connectivity index (χ2v) is 5.51. The molecule has 2 aromatic rings. The maximum Gasteiger partial charge on any atom is 0.416 e. The Kier molecular flexibility index (Phi) is 6.35. The summed E-state index contributed by atoms with van der Waals surface area (Å²) in [5.41, 5.74) is 2.33. The summed E-state index contributed by atoms with van der Waals surface area (Å²) >= 11 is 0. The Hall–Kier alpha value is -3.14. The molecule has 1 aromatic heterocycles. The van der Waals surface area contributed by atoms with Gasteiger partial charge in [0.2, 0.25) is 0 Å². The van der Waals surface area contributed by atoms with Crippen molar-refractivity contribution in [2.24, 2.45) is 5.10 Å². The van der Waals surface area contributed by atoms with Gasteiger partial charge in [0.15, 0.2) is 0 Å². The Balaban J connectivity index is 1.96. The van der Waals surface area contributed by atoms with Crippen molar-refractivity contribution in [2.45, 2.75) is 19.7 Å². The van der Waals surface area contributed by atoms with Gasteiger partial charge in [-0.2, -0.15) is 18.3 Å². The molecule has 7 nitrogen and oxygen atoms in total. The molecule has 10 heteroatoms. The van der Waals surface area contributed by atoms with Gasteiger partial charge in [-0.3, -0.25) is 9.78 Å². The minimum absolute atomic E-state index is 0.133. The zero-order valence-corrected chi connectivity index (χ0v) is 14.2. The maximum atomic E-state index is 12.6. The van der Waals surface area contributed by atoms with E-state index in [0.717, 1.165) is 18.3 Å². The number of rotatable bonds is 6. The summed E-state index contributed by atoms with van der Waals surface area (Å²) in [5.74, 6) is -0.791. The normalized spacial score (nSPS) is 11.6. The van der Waals surface area contributed by atoms with Gasteiger partial charge in [0.1, 0.15) is 5.75 Å². The van der Waals surface area contributed by atoms with Crippen LogP contribution in [-0.4, -0.2) is 33.9 Å². The first-order chi connectivity index (χ1) is 12.7. The lowest BCUT2D eigenvalue weighted by Gasteiger charge is -2.10. The lowest BCUT2D eigenvalue weighted by molar-refractivity contribution is -0.137. The molecule has 0 saturated heterocycles. The molecule has 2 rings (SSSR count). The number of carbonyl (C=O) groups excluding carboxylic acids is 1. The SMILES string of the molecule is Cc1ncc(CO)c(C=NNC(=O)CNc2cccc(C(F)(F)F)c2)c1O. The van der Waals surface area contributed by atoms with Crippen LogP contribution >= 0.6 is 0 Å². The number of anilines is 1. The molecule has 144 valence electrons. The van der Waals surface area contributed by atoms with Gasteiger partial charge in [-0.05, 0) is 25.1 Å². The quantitative estimate of drug-likeness (QED) is 0.453. The van der Waals surface area contributed by atoms with E-state index in [0.29, 0.717) is 11.3 Å². The molecule has 1 amide bonds. The minimum Gasteiger partial charge on any atom is -0.505 e. The lowest BCUT2D eigenvalue weighted by atomic mass is 10.1. The van der Waals surface area contributed by atoms with Crippen LogP contribution in [0, 0.1) is 6.92 Å². The van der Waals surface area contributed by atoms with Gasteiger partial charge in [-0.15, -0.1) is 0 Å². The number of aliphatic hydroxyl groups excluding tert-OH is 1. The standard InChI is InChI=1S/C17H17F3N4O3/c1-10-16(27)14(11(9-25)6-21-10)7-23-24-15(26)8-22-13-4-2-3-12(5-13)17(18,19)20/h2-7,22,25,27H,8-9H2,1H3,(H,24,26). The number of aromatic nitrogens is 1. The molecule has 0 atom stereocenters. The Morgan fingerprint density at radius 3 is 2.78 bits per heavy atom. The van der Waals surface area contributed by atoms with Crippen molar-refractivity contribution in [3.8, 4) is 5.75 Å². The minimum atomic E-state index is -4.47. The molecule has 27 heavy (non-hydrogen) atoms. The molecule has 0 saturated carbocycles. The van der Waals surface area contributed by atoms with Gasteiger partial charge in [0.05, 0.1) is 30.6 Å². The van der Waals surface area contributed by atoms with Crippen LogP contribution in [0.2, 0.25) is 0 Å². The van der Waals surface area contributed by atoms with Gasteiger partial charge >= 0.3 is 6.18 Å². The molecule has 0 unspecified atom stereocenters. The Morgan fingerprint density at radius 1 is 1.37 bits per heavy atom. The second kappa shape index (κ2) is 8.49. The van der Waals surface area contributed by atoms with Crippen LogP contribution in [0.3, 0.4) is 0 Å². The molecule has 0 aliphatic rings. The zero-order chi connectivity index (χ0) is 20.0. The summed E-state index contributed by atoms with van der Waals surface area (Å²) in [5, 5.41) is 25.4. The van der Waals surface area contributed by atoms with E-state index in [-0.39, 0.29) is 30.2 Å². The fourth-order valence-corrected chi connectivity index (χ4v) is 2.12. The monoisotopic (exact) mass is 382 g/mol. The zero-order valence-electron chi connectivity index (χ0n) is 14.2. The molecule has 0 bridgehead atoms. The van der Waals surface area contributed by atoms with Gasteiger partial charge in [0.25, 0.3) is 5.91 Å². The van der Waals surface area contributed by atoms with Crippen LogP contribution in [0.25, 0.3) is 0 Å². The highest BCUT2D eigenvalue weighted by molar-refractivity contribution is 5.87. The van der Waals surface area contributed by atoms with Gasteiger partial charge < -0.3 is 15.5 Å². The van der Waals surface area contributed by atoms with Crippen LogP contribution in [-0.2, 0) is 17.6 Å². The summed E-state index contributed by atoms with van der Waals surface area (Å²) in [6, 6.07) is 4.45. The van der Waals surface area contributed by atoms with Crippen LogP contribution in [0.15, 0.2) is 35.6 Å². The van der Waals surface area contributed by atoms with E-state index in [1.54, 1.807) is 6.92 Å². The fourth-order valence-electron chi connectivity index (χ4n) is 2.12. The third kappa shape index (κ3) is 5.42. The number of aromatic hydroxyl groups is 1. The number of nitrogens with zero attached hydrogens (tertiary/aromatic N) is 2. The number of nitrogens with one attached hydrogen (secondary N) is 2. The average molecular weight is 382 g/mol. The number of hydrogen-bond donors (Lipinski definition) is 4. The predicted molar refractivity (Wildman–Crippen MR) is 92.2 cm³/mol. The summed E-state index contributed by atoms with van der Waals surface area (Å²) in [6.07, 6.45) is -1.95. The smallest absolute Gasteiger partial charge is 0.416 e. The fraction of sp³-hybridized carbons (Fsp3) is 0.235. The van der Waals surface area contributed by atoms with E-state index in [2.05, 4.69) is 20.8 Å². The molecule has 1 heterocycles. The Morgan fingerprint density at radius 2 is 2.11 bits per heavy atom. The molecular weight excluding hydrogens is 365 g/mol. The van der Waals surface area contributed by atoms with E-state index >= 15 is 0 Å². The second-order valence-electron chi connectivity index (χ2n) is 5.51. The number of aliphatic hydroxyl groups is 1. The van der Waals surface area contributed by atoms with Crippen LogP contribution in [0.5, 0.6) is 5.75 Å². The Labute approximate surface area is 152 Å². The van der Waals surface area contributed by atoms with Crippen molar-refractivity contribution in [3.05, 3.63) is 52.8 Å². The number of hydrogen-bond acceptors (Lipinski definition) is 6. The number of hydrazone groups is 1. The number of carbonyl (C=O) groups is 1. The average Bonchev–Trinajstić information content (AvgIpc) is 2.63. The lowest BCUT2D eigenvalue weighted by Crippen LogP contribution is -2.26. The topological polar surface area (TPSA) is 107 Å². The van der Waals surface area contributed by atoms with E-state index in [9.17, 15) is 28.2 Å². The summed E-state index contributed by atoms with van der Waals surface area (Å²) in [6.45, 7) is 0.867. The maximum absolute atomic E-state index is 12.6.